The maximum absolute atomic E-state index is 12.7. The zero-order valence-corrected chi connectivity index (χ0v) is 16.7. The summed E-state index contributed by atoms with van der Waals surface area (Å²) in [6.07, 6.45) is -3.17. The van der Waals surface area contributed by atoms with E-state index in [2.05, 4.69) is 0 Å². The van der Waals surface area contributed by atoms with Crippen LogP contribution in [-0.2, 0) is 14.3 Å². The van der Waals surface area contributed by atoms with Gasteiger partial charge in [0, 0.05) is 40.6 Å². The fraction of sp³-hybridized carbons (Fsp3) is 0.450. The van der Waals surface area contributed by atoms with Crippen molar-refractivity contribution < 1.29 is 23.1 Å². The van der Waals surface area contributed by atoms with Gasteiger partial charge in [0.2, 0.25) is 5.91 Å². The minimum Gasteiger partial charge on any atom is -0.383 e. The molecule has 1 amide bonds. The van der Waals surface area contributed by atoms with Crippen molar-refractivity contribution in [3.8, 4) is 6.07 Å². The second-order valence-corrected chi connectivity index (χ2v) is 6.56. The Hall–Kier alpha value is -2.99. The van der Waals surface area contributed by atoms with Crippen LogP contribution in [0.2, 0.25) is 0 Å². The lowest BCUT2D eigenvalue weighted by Gasteiger charge is -2.22. The number of hydrogen-bond acceptors (Lipinski definition) is 6. The summed E-state index contributed by atoms with van der Waals surface area (Å²) in [6.45, 7) is -0.585. The number of para-hydroxylation sites is 2. The van der Waals surface area contributed by atoms with Gasteiger partial charge in [0.1, 0.15) is 17.5 Å². The number of fused-ring (bicyclic) bond motifs is 1. The molecule has 1 aromatic rings. The van der Waals surface area contributed by atoms with Crippen molar-refractivity contribution in [3.63, 3.8) is 0 Å². The first kappa shape index (κ1) is 22.3. The lowest BCUT2D eigenvalue weighted by molar-refractivity contribution is -0.135. The summed E-state index contributed by atoms with van der Waals surface area (Å²) in [5, 5.41) is 9.59. The zero-order valence-electron chi connectivity index (χ0n) is 16.7. The fourth-order valence-corrected chi connectivity index (χ4v) is 3.25. The average Bonchev–Trinajstić information content (AvgIpc) is 2.95. The Morgan fingerprint density at radius 3 is 2.24 bits per heavy atom. The van der Waals surface area contributed by atoms with E-state index in [1.54, 1.807) is 23.9 Å². The Morgan fingerprint density at radius 2 is 1.76 bits per heavy atom. The number of ketones is 1. The summed E-state index contributed by atoms with van der Waals surface area (Å²) in [7, 11) is 4.91. The van der Waals surface area contributed by atoms with E-state index in [-0.39, 0.29) is 31.6 Å². The highest BCUT2D eigenvalue weighted by Gasteiger charge is 2.31. The van der Waals surface area contributed by atoms with Crippen LogP contribution in [0.15, 0.2) is 35.7 Å². The Kier molecular flexibility index (Phi) is 7.67. The molecule has 0 bridgehead atoms. The minimum atomic E-state index is -2.68. The summed E-state index contributed by atoms with van der Waals surface area (Å²) in [5.74, 6) is -0.657. The van der Waals surface area contributed by atoms with Gasteiger partial charge < -0.3 is 19.4 Å². The monoisotopic (exact) mass is 406 g/mol. The van der Waals surface area contributed by atoms with Crippen molar-refractivity contribution >= 4 is 23.1 Å². The van der Waals surface area contributed by atoms with Gasteiger partial charge in [-0.25, -0.2) is 8.78 Å². The molecular weight excluding hydrogens is 382 g/mol. The number of ether oxygens (including phenoxy) is 1. The van der Waals surface area contributed by atoms with Crippen molar-refractivity contribution in [1.29, 1.82) is 5.26 Å². The SMILES string of the molecule is COCCN(CC(F)F)C(=O)CCC(=O)C(C#N)=C1N(C)c2ccccc2N1C. The van der Waals surface area contributed by atoms with E-state index in [0.29, 0.717) is 5.82 Å². The number of alkyl halides is 2. The average molecular weight is 406 g/mol. The molecule has 0 radical (unpaired) electrons. The van der Waals surface area contributed by atoms with E-state index >= 15 is 0 Å². The molecule has 1 heterocycles. The summed E-state index contributed by atoms with van der Waals surface area (Å²) >= 11 is 0. The molecule has 156 valence electrons. The van der Waals surface area contributed by atoms with E-state index in [4.69, 9.17) is 4.74 Å². The highest BCUT2D eigenvalue weighted by molar-refractivity contribution is 6.03. The molecule has 1 aromatic carbocycles. The van der Waals surface area contributed by atoms with Crippen LogP contribution in [0.1, 0.15) is 12.8 Å². The second kappa shape index (κ2) is 9.98. The smallest absolute Gasteiger partial charge is 0.255 e. The van der Waals surface area contributed by atoms with Gasteiger partial charge in [-0.15, -0.1) is 0 Å². The summed E-state index contributed by atoms with van der Waals surface area (Å²) in [4.78, 5) is 29.5. The number of rotatable bonds is 9. The highest BCUT2D eigenvalue weighted by atomic mass is 19.3. The molecule has 1 aliphatic heterocycles. The molecule has 1 aliphatic rings. The van der Waals surface area contributed by atoms with Crippen molar-refractivity contribution in [2.45, 2.75) is 19.3 Å². The number of carbonyl (C=O) groups excluding carboxylic acids is 2. The van der Waals surface area contributed by atoms with Gasteiger partial charge in [0.05, 0.1) is 24.5 Å². The van der Waals surface area contributed by atoms with Gasteiger partial charge in [0.25, 0.3) is 6.43 Å². The molecule has 7 nitrogen and oxygen atoms in total. The molecule has 0 aliphatic carbocycles. The number of halogens is 2. The van der Waals surface area contributed by atoms with Crippen LogP contribution in [0.25, 0.3) is 0 Å². The molecule has 0 spiro atoms. The third-order valence-corrected chi connectivity index (χ3v) is 4.70. The van der Waals surface area contributed by atoms with Crippen LogP contribution in [-0.4, -0.2) is 63.9 Å². The first-order chi connectivity index (χ1) is 13.8. The van der Waals surface area contributed by atoms with Crippen LogP contribution >= 0.6 is 0 Å². The van der Waals surface area contributed by atoms with E-state index in [0.717, 1.165) is 16.3 Å². The quantitative estimate of drug-likeness (QED) is 0.463. The molecule has 0 fully saturated rings. The third-order valence-electron chi connectivity index (χ3n) is 4.70. The van der Waals surface area contributed by atoms with Gasteiger partial charge in [-0.1, -0.05) is 12.1 Å². The molecule has 0 unspecified atom stereocenters. The molecule has 0 aromatic heterocycles. The number of amides is 1. The largest absolute Gasteiger partial charge is 0.383 e. The molecule has 0 N–H and O–H groups in total. The summed E-state index contributed by atoms with van der Waals surface area (Å²) < 4.78 is 30.3. The van der Waals surface area contributed by atoms with E-state index in [9.17, 15) is 23.6 Å². The van der Waals surface area contributed by atoms with Gasteiger partial charge in [-0.05, 0) is 12.1 Å². The van der Waals surface area contributed by atoms with Crippen molar-refractivity contribution in [2.24, 2.45) is 0 Å². The van der Waals surface area contributed by atoms with E-state index in [1.807, 2.05) is 30.3 Å². The van der Waals surface area contributed by atoms with Crippen molar-refractivity contribution in [2.75, 3.05) is 50.7 Å². The molecule has 0 saturated carbocycles. The van der Waals surface area contributed by atoms with Gasteiger partial charge >= 0.3 is 0 Å². The van der Waals surface area contributed by atoms with Crippen molar-refractivity contribution in [1.82, 2.24) is 4.90 Å². The molecule has 29 heavy (non-hydrogen) atoms. The number of nitriles is 1. The van der Waals surface area contributed by atoms with E-state index in [1.165, 1.54) is 7.11 Å². The summed E-state index contributed by atoms with van der Waals surface area (Å²) in [5.41, 5.74) is 1.63. The number of carbonyl (C=O) groups is 2. The number of hydrogen-bond donors (Lipinski definition) is 0. The van der Waals surface area contributed by atoms with Gasteiger partial charge in [-0.3, -0.25) is 9.59 Å². The molecule has 0 atom stereocenters. The maximum atomic E-state index is 12.7. The zero-order chi connectivity index (χ0) is 21.6. The normalized spacial score (nSPS) is 12.8. The Balaban J connectivity index is 2.13. The van der Waals surface area contributed by atoms with Crippen LogP contribution in [0.3, 0.4) is 0 Å². The molecule has 2 rings (SSSR count). The van der Waals surface area contributed by atoms with Crippen LogP contribution < -0.4 is 9.80 Å². The third kappa shape index (κ3) is 5.09. The second-order valence-electron chi connectivity index (χ2n) is 6.56. The van der Waals surface area contributed by atoms with Crippen molar-refractivity contribution in [3.05, 3.63) is 35.7 Å². The maximum Gasteiger partial charge on any atom is 0.255 e. The number of nitrogens with zero attached hydrogens (tertiary/aromatic N) is 4. The predicted octanol–water partition coefficient (Wildman–Crippen LogP) is 2.40. The molecule has 9 heteroatoms. The fourth-order valence-electron chi connectivity index (χ4n) is 3.25. The first-order valence-corrected chi connectivity index (χ1v) is 9.10. The molecular formula is C20H24F2N4O3. The topological polar surface area (TPSA) is 76.9 Å². The summed E-state index contributed by atoms with van der Waals surface area (Å²) in [6, 6.07) is 9.41. The predicted molar refractivity (Wildman–Crippen MR) is 105 cm³/mol. The van der Waals surface area contributed by atoms with Gasteiger partial charge in [-0.2, -0.15) is 5.26 Å². The molecule has 0 saturated heterocycles. The van der Waals surface area contributed by atoms with Crippen LogP contribution in [0.5, 0.6) is 0 Å². The lowest BCUT2D eigenvalue weighted by Crippen LogP contribution is -2.37. The number of Topliss-reactive ketones (excluding diaryl/α,β-unsaturated/α-hetero) is 1. The Bertz CT molecular complexity index is 804. The van der Waals surface area contributed by atoms with E-state index < -0.39 is 24.7 Å². The van der Waals surface area contributed by atoms with Crippen LogP contribution in [0, 0.1) is 11.3 Å². The highest BCUT2D eigenvalue weighted by Crippen LogP contribution is 2.40. The Labute approximate surface area is 168 Å². The Morgan fingerprint density at radius 1 is 1.17 bits per heavy atom. The standard InChI is InChI=1S/C20H24F2N4O3/c1-24-15-6-4-5-7-16(15)25(2)20(24)14(12-23)17(27)8-9-19(28)26(10-11-29-3)13-18(21)22/h4-7,18H,8-11,13H2,1-3H3. The first-order valence-electron chi connectivity index (χ1n) is 9.10. The number of methoxy groups -OCH3 is 1. The van der Waals surface area contributed by atoms with Gasteiger partial charge in [0.15, 0.2) is 5.78 Å². The number of allylic oxidation sites excluding steroid dienone is 1. The van der Waals surface area contributed by atoms with Crippen LogP contribution in [0.4, 0.5) is 20.2 Å². The number of anilines is 2. The minimum absolute atomic E-state index is 0.0147. The number of benzene rings is 1. The lowest BCUT2D eigenvalue weighted by atomic mass is 10.1.